The minimum Gasteiger partial charge on any atom is -0.462 e. The van der Waals surface area contributed by atoms with Crippen LogP contribution in [0.3, 0.4) is 0 Å². The maximum Gasteiger partial charge on any atom is 0.342 e. The van der Waals surface area contributed by atoms with Gasteiger partial charge >= 0.3 is 13.5 Å². The van der Waals surface area contributed by atoms with Gasteiger partial charge in [-0.1, -0.05) is 6.07 Å². The van der Waals surface area contributed by atoms with Gasteiger partial charge in [0.05, 0.1) is 25.1 Å². The summed E-state index contributed by atoms with van der Waals surface area (Å²) in [6.07, 6.45) is 1.83. The predicted octanol–water partition coefficient (Wildman–Crippen LogP) is 2.70. The number of para-hydroxylation sites is 1. The second kappa shape index (κ2) is 10.7. The largest absolute Gasteiger partial charge is 0.462 e. The van der Waals surface area contributed by atoms with Crippen molar-refractivity contribution < 1.29 is 32.8 Å². The number of imidazole rings is 1. The van der Waals surface area contributed by atoms with Crippen LogP contribution in [-0.4, -0.2) is 56.9 Å². The Morgan fingerprint density at radius 1 is 1.22 bits per heavy atom. The predicted molar refractivity (Wildman–Crippen MR) is 130 cm³/mol. The number of anilines is 1. The first-order chi connectivity index (χ1) is 17.1. The number of nitrogens with zero attached hydrogens (tertiary/aromatic N) is 4. The van der Waals surface area contributed by atoms with E-state index in [0.717, 1.165) is 0 Å². The molecule has 0 saturated carbocycles. The summed E-state index contributed by atoms with van der Waals surface area (Å²) in [5, 5.41) is 2.77. The third-order valence-electron chi connectivity index (χ3n) is 5.11. The van der Waals surface area contributed by atoms with Gasteiger partial charge in [-0.25, -0.2) is 20.0 Å². The minimum atomic E-state index is -3.81. The van der Waals surface area contributed by atoms with Crippen LogP contribution in [0.1, 0.15) is 27.7 Å². The van der Waals surface area contributed by atoms with Gasteiger partial charge in [0.15, 0.2) is 23.0 Å². The molecule has 14 heteroatoms. The Bertz CT molecular complexity index is 1280. The van der Waals surface area contributed by atoms with E-state index in [9.17, 15) is 9.36 Å². The molecule has 3 atom stereocenters. The summed E-state index contributed by atoms with van der Waals surface area (Å²) < 4.78 is 43.6. The van der Waals surface area contributed by atoms with Crippen molar-refractivity contribution in [1.82, 2.24) is 24.6 Å². The Hall–Kier alpha value is -3.41. The molecule has 2 aromatic heterocycles. The van der Waals surface area contributed by atoms with Gasteiger partial charge in [-0.2, -0.15) is 0 Å². The molecule has 1 aliphatic heterocycles. The van der Waals surface area contributed by atoms with E-state index in [4.69, 9.17) is 29.2 Å². The fourth-order valence-corrected chi connectivity index (χ4v) is 5.28. The molecule has 0 radical (unpaired) electrons. The number of esters is 1. The molecule has 3 unspecified atom stereocenters. The summed E-state index contributed by atoms with van der Waals surface area (Å²) in [4.78, 5) is 24.8. The van der Waals surface area contributed by atoms with Crippen LogP contribution >= 0.6 is 7.52 Å². The molecule has 0 spiro atoms. The zero-order valence-corrected chi connectivity index (χ0v) is 21.3. The highest BCUT2D eigenvalue weighted by molar-refractivity contribution is 7.57. The van der Waals surface area contributed by atoms with Gasteiger partial charge in [-0.15, -0.1) is 0 Å². The van der Waals surface area contributed by atoms with Crippen LogP contribution < -0.4 is 24.8 Å². The Balaban J connectivity index is 1.49. The number of ether oxygens (including phenoxy) is 4. The molecule has 3 heterocycles. The van der Waals surface area contributed by atoms with Gasteiger partial charge in [-0.3, -0.25) is 9.36 Å². The van der Waals surface area contributed by atoms with E-state index in [0.29, 0.717) is 29.2 Å². The molecule has 4 rings (SSSR count). The number of carbonyl (C=O) groups excluding carboxylic acids is 1. The third-order valence-corrected chi connectivity index (χ3v) is 6.88. The molecule has 36 heavy (non-hydrogen) atoms. The molecule has 13 nitrogen and oxygen atoms in total. The van der Waals surface area contributed by atoms with Crippen LogP contribution in [0.15, 0.2) is 30.9 Å². The van der Waals surface area contributed by atoms with Crippen molar-refractivity contribution in [2.45, 2.75) is 52.5 Å². The Kier molecular flexibility index (Phi) is 7.62. The first-order valence-electron chi connectivity index (χ1n) is 11.3. The van der Waals surface area contributed by atoms with Crippen molar-refractivity contribution in [3.05, 3.63) is 30.9 Å². The fraction of sp³-hybridized carbons (Fsp3) is 0.455. The number of nitrogens with two attached hydrogens (primary N) is 1. The standard InChI is InChI=1S/C22H29N6O7P/c1-13(2)34-22(29)15(4)27-36(30,35-17-7-5-6-16-19(17)32-11-31-16)12-33-14(3)8-28-10-26-18-20(23)24-9-25-21(18)28/h5-7,9-10,13-15H,8,11-12H2,1-4H3,(H,27,30)(H2,23,24,25). The molecule has 0 aliphatic carbocycles. The number of nitrogen functional groups attached to an aromatic ring is 1. The van der Waals surface area contributed by atoms with Crippen molar-refractivity contribution in [1.29, 1.82) is 0 Å². The average Bonchev–Trinajstić information content (AvgIpc) is 3.46. The molecule has 0 bridgehead atoms. The molecule has 3 aromatic rings. The van der Waals surface area contributed by atoms with Crippen molar-refractivity contribution in [2.75, 3.05) is 18.9 Å². The lowest BCUT2D eigenvalue weighted by Crippen LogP contribution is -2.37. The highest BCUT2D eigenvalue weighted by Crippen LogP contribution is 2.50. The first-order valence-corrected chi connectivity index (χ1v) is 13.1. The summed E-state index contributed by atoms with van der Waals surface area (Å²) in [5.41, 5.74) is 6.89. The molecule has 0 saturated heterocycles. The number of carbonyl (C=O) groups is 1. The second-order valence-electron chi connectivity index (χ2n) is 8.53. The highest BCUT2D eigenvalue weighted by Gasteiger charge is 2.34. The molecule has 194 valence electrons. The van der Waals surface area contributed by atoms with Crippen LogP contribution in [0, 0.1) is 0 Å². The van der Waals surface area contributed by atoms with Crippen LogP contribution in [-0.2, 0) is 25.4 Å². The number of fused-ring (bicyclic) bond motifs is 2. The van der Waals surface area contributed by atoms with Gasteiger partial charge in [-0.05, 0) is 39.8 Å². The number of aromatic nitrogens is 4. The lowest BCUT2D eigenvalue weighted by Gasteiger charge is -2.25. The van der Waals surface area contributed by atoms with Crippen LogP contribution in [0.2, 0.25) is 0 Å². The van der Waals surface area contributed by atoms with E-state index < -0.39 is 25.6 Å². The van der Waals surface area contributed by atoms with Gasteiger partial charge in [0, 0.05) is 0 Å². The Morgan fingerprint density at radius 3 is 2.81 bits per heavy atom. The lowest BCUT2D eigenvalue weighted by molar-refractivity contribution is -0.149. The Morgan fingerprint density at radius 2 is 2.03 bits per heavy atom. The van der Waals surface area contributed by atoms with Crippen LogP contribution in [0.4, 0.5) is 5.82 Å². The smallest absolute Gasteiger partial charge is 0.342 e. The van der Waals surface area contributed by atoms with Gasteiger partial charge < -0.3 is 33.8 Å². The fourth-order valence-electron chi connectivity index (χ4n) is 3.49. The van der Waals surface area contributed by atoms with Crippen molar-refractivity contribution >= 4 is 30.5 Å². The van der Waals surface area contributed by atoms with E-state index in [1.165, 1.54) is 6.33 Å². The van der Waals surface area contributed by atoms with Gasteiger partial charge in [0.1, 0.15) is 24.2 Å². The zero-order valence-electron chi connectivity index (χ0n) is 20.4. The normalized spacial score (nSPS) is 16.0. The molecular formula is C22H29N6O7P. The number of nitrogens with one attached hydrogen (secondary N) is 1. The SMILES string of the molecule is CC(C)OC(=O)C(C)NP(=O)(COC(C)Cn1cnc2c(N)ncnc21)Oc1cccc2c1OCO2. The number of hydrogen-bond acceptors (Lipinski definition) is 11. The molecule has 1 aliphatic rings. The summed E-state index contributed by atoms with van der Waals surface area (Å²) in [5.74, 6) is 0.704. The minimum absolute atomic E-state index is 0.0189. The summed E-state index contributed by atoms with van der Waals surface area (Å²) in [6, 6.07) is 4.07. The number of hydrogen-bond donors (Lipinski definition) is 2. The molecule has 0 fully saturated rings. The molecule has 0 amide bonds. The summed E-state index contributed by atoms with van der Waals surface area (Å²) >= 11 is 0. The monoisotopic (exact) mass is 520 g/mol. The van der Waals surface area contributed by atoms with E-state index in [1.807, 2.05) is 0 Å². The van der Waals surface area contributed by atoms with Crippen LogP contribution in [0.5, 0.6) is 17.2 Å². The second-order valence-corrected chi connectivity index (χ2v) is 10.6. The van der Waals surface area contributed by atoms with Gasteiger partial charge in [0.2, 0.25) is 12.5 Å². The number of rotatable bonds is 11. The maximum absolute atomic E-state index is 13.9. The highest BCUT2D eigenvalue weighted by atomic mass is 31.2. The van der Waals surface area contributed by atoms with E-state index in [2.05, 4.69) is 20.0 Å². The quantitative estimate of drug-likeness (QED) is 0.281. The topological polar surface area (TPSA) is 162 Å². The lowest BCUT2D eigenvalue weighted by atomic mass is 10.3. The maximum atomic E-state index is 13.9. The zero-order chi connectivity index (χ0) is 25.9. The van der Waals surface area contributed by atoms with E-state index in [-0.39, 0.29) is 30.8 Å². The number of benzene rings is 1. The van der Waals surface area contributed by atoms with Crippen molar-refractivity contribution in [2.24, 2.45) is 0 Å². The van der Waals surface area contributed by atoms with Crippen molar-refractivity contribution in [3.8, 4) is 17.2 Å². The third kappa shape index (κ3) is 5.86. The molecule has 1 aromatic carbocycles. The van der Waals surface area contributed by atoms with Crippen LogP contribution in [0.25, 0.3) is 11.2 Å². The van der Waals surface area contributed by atoms with Gasteiger partial charge in [0.25, 0.3) is 0 Å². The summed E-state index contributed by atoms with van der Waals surface area (Å²) in [6.45, 7) is 7.17. The Labute approximate surface area is 207 Å². The van der Waals surface area contributed by atoms with Crippen molar-refractivity contribution in [3.63, 3.8) is 0 Å². The molecular weight excluding hydrogens is 491 g/mol. The van der Waals surface area contributed by atoms with E-state index in [1.54, 1.807) is 56.8 Å². The average molecular weight is 520 g/mol. The first kappa shape index (κ1) is 25.7. The molecule has 3 N–H and O–H groups in total. The summed E-state index contributed by atoms with van der Waals surface area (Å²) in [7, 11) is -3.81. The van der Waals surface area contributed by atoms with E-state index >= 15 is 0 Å².